The van der Waals surface area contributed by atoms with Crippen LogP contribution in [0.15, 0.2) is 24.3 Å². The SMILES string of the molecule is CCOc1c(OC)ccc2c1CCNC2c1cc(C)c(C)cc1C. The molecule has 3 nitrogen and oxygen atoms in total. The molecular formula is C21H27NO2. The van der Waals surface area contributed by atoms with Crippen molar-refractivity contribution in [3.05, 3.63) is 57.6 Å². The summed E-state index contributed by atoms with van der Waals surface area (Å²) in [6.07, 6.45) is 0.961. The highest BCUT2D eigenvalue weighted by Crippen LogP contribution is 2.40. The summed E-state index contributed by atoms with van der Waals surface area (Å²) in [6, 6.07) is 9.02. The zero-order valence-corrected chi connectivity index (χ0v) is 15.3. The van der Waals surface area contributed by atoms with Crippen molar-refractivity contribution in [2.75, 3.05) is 20.3 Å². The summed E-state index contributed by atoms with van der Waals surface area (Å²) in [5.74, 6) is 1.73. The second kappa shape index (κ2) is 6.86. The maximum absolute atomic E-state index is 5.93. The molecule has 0 bridgehead atoms. The molecule has 3 rings (SSSR count). The topological polar surface area (TPSA) is 30.5 Å². The Balaban J connectivity index is 2.13. The number of rotatable bonds is 4. The van der Waals surface area contributed by atoms with Crippen molar-refractivity contribution in [2.45, 2.75) is 40.2 Å². The number of benzene rings is 2. The molecule has 1 atom stereocenters. The first kappa shape index (κ1) is 16.8. The minimum atomic E-state index is 0.207. The van der Waals surface area contributed by atoms with Gasteiger partial charge in [-0.3, -0.25) is 0 Å². The summed E-state index contributed by atoms with van der Waals surface area (Å²) in [4.78, 5) is 0. The van der Waals surface area contributed by atoms with Crippen LogP contribution in [0.1, 0.15) is 46.3 Å². The number of nitrogens with one attached hydrogen (secondary N) is 1. The van der Waals surface area contributed by atoms with E-state index in [9.17, 15) is 0 Å². The molecule has 0 fully saturated rings. The van der Waals surface area contributed by atoms with Gasteiger partial charge < -0.3 is 14.8 Å². The van der Waals surface area contributed by atoms with E-state index in [4.69, 9.17) is 9.47 Å². The monoisotopic (exact) mass is 325 g/mol. The normalized spacial score (nSPS) is 16.6. The zero-order chi connectivity index (χ0) is 17.3. The third kappa shape index (κ3) is 2.89. The molecule has 0 aromatic heterocycles. The van der Waals surface area contributed by atoms with E-state index in [2.05, 4.69) is 44.3 Å². The van der Waals surface area contributed by atoms with Crippen LogP contribution in [0.2, 0.25) is 0 Å². The predicted octanol–water partition coefficient (Wildman–Crippen LogP) is 4.25. The van der Waals surface area contributed by atoms with Crippen LogP contribution in [-0.2, 0) is 6.42 Å². The average Bonchev–Trinajstić information content (AvgIpc) is 2.58. The fraction of sp³-hybridized carbons (Fsp3) is 0.429. The first-order chi connectivity index (χ1) is 11.6. The quantitative estimate of drug-likeness (QED) is 0.911. The van der Waals surface area contributed by atoms with E-state index < -0.39 is 0 Å². The molecule has 0 aliphatic carbocycles. The summed E-state index contributed by atoms with van der Waals surface area (Å²) in [6.45, 7) is 10.2. The molecule has 128 valence electrons. The molecule has 0 amide bonds. The Hall–Kier alpha value is -2.00. The van der Waals surface area contributed by atoms with Crippen LogP contribution in [0.5, 0.6) is 11.5 Å². The molecule has 1 N–H and O–H groups in total. The minimum Gasteiger partial charge on any atom is -0.493 e. The summed E-state index contributed by atoms with van der Waals surface area (Å²) in [7, 11) is 1.70. The number of fused-ring (bicyclic) bond motifs is 1. The fourth-order valence-electron chi connectivity index (χ4n) is 3.64. The van der Waals surface area contributed by atoms with E-state index >= 15 is 0 Å². The van der Waals surface area contributed by atoms with Gasteiger partial charge in [0.15, 0.2) is 11.5 Å². The number of hydrogen-bond donors (Lipinski definition) is 1. The molecule has 2 aromatic rings. The van der Waals surface area contributed by atoms with Crippen LogP contribution in [0.25, 0.3) is 0 Å². The van der Waals surface area contributed by atoms with Gasteiger partial charge in [0.1, 0.15) is 0 Å². The Morgan fingerprint density at radius 3 is 2.50 bits per heavy atom. The summed E-state index contributed by atoms with van der Waals surface area (Å²) >= 11 is 0. The van der Waals surface area contributed by atoms with Gasteiger partial charge in [-0.2, -0.15) is 0 Å². The highest BCUT2D eigenvalue weighted by molar-refractivity contribution is 5.55. The van der Waals surface area contributed by atoms with Crippen molar-refractivity contribution in [1.82, 2.24) is 5.32 Å². The van der Waals surface area contributed by atoms with E-state index in [0.717, 1.165) is 24.5 Å². The Morgan fingerprint density at radius 2 is 1.79 bits per heavy atom. The van der Waals surface area contributed by atoms with E-state index in [1.54, 1.807) is 7.11 Å². The first-order valence-electron chi connectivity index (χ1n) is 8.70. The molecule has 0 spiro atoms. The molecular weight excluding hydrogens is 298 g/mol. The zero-order valence-electron chi connectivity index (χ0n) is 15.3. The van der Waals surface area contributed by atoms with Crippen molar-refractivity contribution in [2.24, 2.45) is 0 Å². The van der Waals surface area contributed by atoms with Crippen LogP contribution in [0.4, 0.5) is 0 Å². The van der Waals surface area contributed by atoms with Crippen molar-refractivity contribution >= 4 is 0 Å². The van der Waals surface area contributed by atoms with Crippen LogP contribution < -0.4 is 14.8 Å². The molecule has 1 unspecified atom stereocenters. The lowest BCUT2D eigenvalue weighted by molar-refractivity contribution is 0.305. The van der Waals surface area contributed by atoms with Gasteiger partial charge >= 0.3 is 0 Å². The van der Waals surface area contributed by atoms with Gasteiger partial charge in [0.25, 0.3) is 0 Å². The van der Waals surface area contributed by atoms with Gasteiger partial charge in [-0.1, -0.05) is 18.2 Å². The molecule has 24 heavy (non-hydrogen) atoms. The lowest BCUT2D eigenvalue weighted by atomic mass is 9.86. The number of aryl methyl sites for hydroxylation is 3. The van der Waals surface area contributed by atoms with Gasteiger partial charge in [-0.05, 0) is 68.0 Å². The standard InChI is InChI=1S/C21H27NO2/c1-6-24-21-17-9-10-22-20(16(17)7-8-19(21)23-5)18-12-14(3)13(2)11-15(18)4/h7-8,11-12,20,22H,6,9-10H2,1-5H3. The predicted molar refractivity (Wildman–Crippen MR) is 98.4 cm³/mol. The van der Waals surface area contributed by atoms with Gasteiger partial charge in [0.05, 0.1) is 19.8 Å². The van der Waals surface area contributed by atoms with Crippen molar-refractivity contribution in [3.8, 4) is 11.5 Å². The molecule has 1 aliphatic rings. The second-order valence-electron chi connectivity index (χ2n) is 6.53. The minimum absolute atomic E-state index is 0.207. The Labute approximate surface area is 145 Å². The Bertz CT molecular complexity index is 752. The molecule has 2 aromatic carbocycles. The molecule has 1 heterocycles. The Morgan fingerprint density at radius 1 is 1.04 bits per heavy atom. The summed E-state index contributed by atoms with van der Waals surface area (Å²) in [5, 5.41) is 3.69. The summed E-state index contributed by atoms with van der Waals surface area (Å²) < 4.78 is 11.4. The van der Waals surface area contributed by atoms with E-state index in [-0.39, 0.29) is 6.04 Å². The largest absolute Gasteiger partial charge is 0.493 e. The highest BCUT2D eigenvalue weighted by atomic mass is 16.5. The number of hydrogen-bond acceptors (Lipinski definition) is 3. The van der Waals surface area contributed by atoms with Gasteiger partial charge in [-0.25, -0.2) is 0 Å². The lowest BCUT2D eigenvalue weighted by Gasteiger charge is -2.31. The Kier molecular flexibility index (Phi) is 4.81. The summed E-state index contributed by atoms with van der Waals surface area (Å²) in [5.41, 5.74) is 7.94. The van der Waals surface area contributed by atoms with Gasteiger partial charge in [-0.15, -0.1) is 0 Å². The third-order valence-corrected chi connectivity index (χ3v) is 5.00. The maximum Gasteiger partial charge on any atom is 0.164 e. The lowest BCUT2D eigenvalue weighted by Crippen LogP contribution is -2.31. The fourth-order valence-corrected chi connectivity index (χ4v) is 3.64. The van der Waals surface area contributed by atoms with Crippen LogP contribution >= 0.6 is 0 Å². The molecule has 3 heteroatoms. The van der Waals surface area contributed by atoms with E-state index in [1.807, 2.05) is 13.0 Å². The first-order valence-corrected chi connectivity index (χ1v) is 8.70. The van der Waals surface area contributed by atoms with E-state index in [0.29, 0.717) is 6.61 Å². The van der Waals surface area contributed by atoms with Gasteiger partial charge in [0.2, 0.25) is 0 Å². The molecule has 0 saturated heterocycles. The molecule has 1 aliphatic heterocycles. The van der Waals surface area contributed by atoms with Gasteiger partial charge in [0, 0.05) is 12.1 Å². The third-order valence-electron chi connectivity index (χ3n) is 5.00. The average molecular weight is 325 g/mol. The van der Waals surface area contributed by atoms with Crippen LogP contribution in [-0.4, -0.2) is 20.3 Å². The van der Waals surface area contributed by atoms with Crippen LogP contribution in [0.3, 0.4) is 0 Å². The maximum atomic E-state index is 5.93. The smallest absolute Gasteiger partial charge is 0.164 e. The van der Waals surface area contributed by atoms with Crippen molar-refractivity contribution in [3.63, 3.8) is 0 Å². The van der Waals surface area contributed by atoms with E-state index in [1.165, 1.54) is 33.4 Å². The van der Waals surface area contributed by atoms with Crippen LogP contribution in [0, 0.1) is 20.8 Å². The van der Waals surface area contributed by atoms with Crippen molar-refractivity contribution < 1.29 is 9.47 Å². The number of methoxy groups -OCH3 is 1. The van der Waals surface area contributed by atoms with Crippen molar-refractivity contribution in [1.29, 1.82) is 0 Å². The second-order valence-corrected chi connectivity index (χ2v) is 6.53. The highest BCUT2D eigenvalue weighted by Gasteiger charge is 2.27. The number of ether oxygens (including phenoxy) is 2. The molecule has 0 saturated carbocycles. The molecule has 0 radical (unpaired) electrons.